The molecule has 0 bridgehead atoms. The van der Waals surface area contributed by atoms with E-state index in [1.54, 1.807) is 6.07 Å². The van der Waals surface area contributed by atoms with Crippen molar-refractivity contribution in [2.75, 3.05) is 13.1 Å². The van der Waals surface area contributed by atoms with Crippen molar-refractivity contribution in [2.45, 2.75) is 19.4 Å². The number of carboxylic acids is 1. The van der Waals surface area contributed by atoms with Gasteiger partial charge in [-0.1, -0.05) is 18.2 Å². The molecule has 19 heavy (non-hydrogen) atoms. The zero-order valence-electron chi connectivity index (χ0n) is 10.6. The second-order valence-corrected chi connectivity index (χ2v) is 4.08. The number of halogens is 1. The molecule has 0 aromatic heterocycles. The molecular formula is C13H17FN2O3. The minimum atomic E-state index is -1.13. The standard InChI is InChI=1S/C13H17FN2O3/c1-9(17)15-7-4-8-16-12(13(18)19)10-5-2-3-6-11(10)14/h2-3,5-6,12,16H,4,7-8H2,1H3,(H,15,17)(H,18,19). The highest BCUT2D eigenvalue weighted by atomic mass is 19.1. The van der Waals surface area contributed by atoms with Crippen LogP contribution in [0, 0.1) is 5.82 Å². The minimum Gasteiger partial charge on any atom is -0.480 e. The van der Waals surface area contributed by atoms with Gasteiger partial charge in [0, 0.05) is 19.0 Å². The van der Waals surface area contributed by atoms with Crippen molar-refractivity contribution in [3.05, 3.63) is 35.6 Å². The molecule has 6 heteroatoms. The Labute approximate surface area is 110 Å². The Kier molecular flexibility index (Phi) is 5.95. The van der Waals surface area contributed by atoms with Gasteiger partial charge in [-0.2, -0.15) is 0 Å². The first kappa shape index (κ1) is 15.1. The molecule has 1 atom stereocenters. The van der Waals surface area contributed by atoms with Crippen molar-refractivity contribution in [2.24, 2.45) is 0 Å². The van der Waals surface area contributed by atoms with Crippen LogP contribution in [-0.2, 0) is 9.59 Å². The average molecular weight is 268 g/mol. The van der Waals surface area contributed by atoms with Crippen LogP contribution in [0.3, 0.4) is 0 Å². The molecule has 0 aliphatic heterocycles. The number of benzene rings is 1. The molecule has 0 heterocycles. The van der Waals surface area contributed by atoms with E-state index in [2.05, 4.69) is 10.6 Å². The lowest BCUT2D eigenvalue weighted by Crippen LogP contribution is -2.32. The zero-order chi connectivity index (χ0) is 14.3. The average Bonchev–Trinajstić information content (AvgIpc) is 2.34. The molecule has 1 unspecified atom stereocenters. The number of carbonyl (C=O) groups excluding carboxylic acids is 1. The number of aliphatic carboxylic acids is 1. The summed E-state index contributed by atoms with van der Waals surface area (Å²) in [6, 6.07) is 4.68. The van der Waals surface area contributed by atoms with Crippen molar-refractivity contribution in [3.8, 4) is 0 Å². The number of carbonyl (C=O) groups is 2. The van der Waals surface area contributed by atoms with Crippen LogP contribution in [-0.4, -0.2) is 30.1 Å². The monoisotopic (exact) mass is 268 g/mol. The lowest BCUT2D eigenvalue weighted by molar-refractivity contribution is -0.139. The lowest BCUT2D eigenvalue weighted by Gasteiger charge is -2.15. The first-order chi connectivity index (χ1) is 9.02. The number of hydrogen-bond acceptors (Lipinski definition) is 3. The number of amides is 1. The van der Waals surface area contributed by atoms with Crippen molar-refractivity contribution in [3.63, 3.8) is 0 Å². The van der Waals surface area contributed by atoms with E-state index in [0.29, 0.717) is 19.5 Å². The predicted octanol–water partition coefficient (Wildman–Crippen LogP) is 1.07. The summed E-state index contributed by atoms with van der Waals surface area (Å²) in [5.41, 5.74) is 0.106. The second kappa shape index (κ2) is 7.48. The molecule has 0 radical (unpaired) electrons. The lowest BCUT2D eigenvalue weighted by atomic mass is 10.1. The number of rotatable bonds is 7. The summed E-state index contributed by atoms with van der Waals surface area (Å²) in [6.07, 6.45) is 0.567. The van der Waals surface area contributed by atoms with Crippen molar-refractivity contribution >= 4 is 11.9 Å². The maximum absolute atomic E-state index is 13.5. The summed E-state index contributed by atoms with van der Waals surface area (Å²) in [6.45, 7) is 2.23. The van der Waals surface area contributed by atoms with Gasteiger partial charge in [0.1, 0.15) is 11.9 Å². The van der Waals surface area contributed by atoms with Gasteiger partial charge in [-0.15, -0.1) is 0 Å². The number of carboxylic acid groups (broad SMARTS) is 1. The van der Waals surface area contributed by atoms with E-state index in [9.17, 15) is 14.0 Å². The maximum atomic E-state index is 13.5. The van der Waals surface area contributed by atoms with Gasteiger partial charge >= 0.3 is 5.97 Å². The van der Waals surface area contributed by atoms with Gasteiger partial charge in [0.25, 0.3) is 0 Å². The fourth-order valence-corrected chi connectivity index (χ4v) is 1.64. The first-order valence-corrected chi connectivity index (χ1v) is 5.97. The van der Waals surface area contributed by atoms with Gasteiger partial charge in [0.05, 0.1) is 0 Å². The highest BCUT2D eigenvalue weighted by molar-refractivity contribution is 5.75. The normalized spacial score (nSPS) is 11.9. The van der Waals surface area contributed by atoms with E-state index in [-0.39, 0.29) is 11.5 Å². The fourth-order valence-electron chi connectivity index (χ4n) is 1.64. The van der Waals surface area contributed by atoms with Crippen molar-refractivity contribution in [1.29, 1.82) is 0 Å². The molecule has 0 fully saturated rings. The van der Waals surface area contributed by atoms with Crippen LogP contribution in [0.15, 0.2) is 24.3 Å². The van der Waals surface area contributed by atoms with Gasteiger partial charge in [-0.25, -0.2) is 4.39 Å². The molecule has 0 aliphatic rings. The summed E-state index contributed by atoms with van der Waals surface area (Å²) in [7, 11) is 0. The van der Waals surface area contributed by atoms with Gasteiger partial charge in [0.15, 0.2) is 0 Å². The molecule has 0 saturated carbocycles. The molecule has 1 rings (SSSR count). The Balaban J connectivity index is 2.53. The minimum absolute atomic E-state index is 0.106. The Morgan fingerprint density at radius 1 is 1.32 bits per heavy atom. The van der Waals surface area contributed by atoms with E-state index in [0.717, 1.165) is 0 Å². The third-order valence-electron chi connectivity index (χ3n) is 2.54. The molecule has 104 valence electrons. The quantitative estimate of drug-likeness (QED) is 0.646. The first-order valence-electron chi connectivity index (χ1n) is 5.97. The molecule has 3 N–H and O–H groups in total. The fraction of sp³-hybridized carbons (Fsp3) is 0.385. The molecule has 0 spiro atoms. The van der Waals surface area contributed by atoms with E-state index >= 15 is 0 Å². The zero-order valence-corrected chi connectivity index (χ0v) is 10.6. The van der Waals surface area contributed by atoms with E-state index in [1.165, 1.54) is 25.1 Å². The summed E-state index contributed by atoms with van der Waals surface area (Å²) in [5.74, 6) is -1.82. The topological polar surface area (TPSA) is 78.4 Å². The largest absolute Gasteiger partial charge is 0.480 e. The van der Waals surface area contributed by atoms with Gasteiger partial charge < -0.3 is 15.7 Å². The van der Waals surface area contributed by atoms with E-state index < -0.39 is 17.8 Å². The summed E-state index contributed by atoms with van der Waals surface area (Å²) in [4.78, 5) is 21.8. The molecule has 1 amide bonds. The molecule has 5 nitrogen and oxygen atoms in total. The van der Waals surface area contributed by atoms with Crippen LogP contribution in [0.2, 0.25) is 0 Å². The third-order valence-corrected chi connectivity index (χ3v) is 2.54. The molecule has 1 aromatic rings. The third kappa shape index (κ3) is 5.05. The van der Waals surface area contributed by atoms with Crippen LogP contribution in [0.25, 0.3) is 0 Å². The van der Waals surface area contributed by atoms with E-state index in [4.69, 9.17) is 5.11 Å². The van der Waals surface area contributed by atoms with Gasteiger partial charge in [0.2, 0.25) is 5.91 Å². The van der Waals surface area contributed by atoms with Gasteiger partial charge in [-0.3, -0.25) is 9.59 Å². The second-order valence-electron chi connectivity index (χ2n) is 4.08. The molecule has 1 aromatic carbocycles. The predicted molar refractivity (Wildman–Crippen MR) is 68.1 cm³/mol. The Bertz CT molecular complexity index is 451. The Morgan fingerprint density at radius 2 is 2.00 bits per heavy atom. The molecule has 0 aliphatic carbocycles. The van der Waals surface area contributed by atoms with E-state index in [1.807, 2.05) is 0 Å². The number of hydrogen-bond donors (Lipinski definition) is 3. The smallest absolute Gasteiger partial charge is 0.325 e. The summed E-state index contributed by atoms with van der Waals surface area (Å²) in [5, 5.41) is 14.5. The SMILES string of the molecule is CC(=O)NCCCNC(C(=O)O)c1ccccc1F. The van der Waals surface area contributed by atoms with Crippen LogP contribution in [0.1, 0.15) is 24.9 Å². The van der Waals surface area contributed by atoms with Crippen LogP contribution >= 0.6 is 0 Å². The maximum Gasteiger partial charge on any atom is 0.325 e. The summed E-state index contributed by atoms with van der Waals surface area (Å²) < 4.78 is 13.5. The van der Waals surface area contributed by atoms with Crippen LogP contribution < -0.4 is 10.6 Å². The summed E-state index contributed by atoms with van der Waals surface area (Å²) >= 11 is 0. The highest BCUT2D eigenvalue weighted by Gasteiger charge is 2.21. The van der Waals surface area contributed by atoms with Gasteiger partial charge in [-0.05, 0) is 19.0 Å². The Morgan fingerprint density at radius 3 is 2.58 bits per heavy atom. The number of nitrogens with one attached hydrogen (secondary N) is 2. The molecular weight excluding hydrogens is 251 g/mol. The Hall–Kier alpha value is -1.95. The van der Waals surface area contributed by atoms with Crippen molar-refractivity contribution < 1.29 is 19.1 Å². The van der Waals surface area contributed by atoms with Crippen molar-refractivity contribution in [1.82, 2.24) is 10.6 Å². The van der Waals surface area contributed by atoms with Crippen LogP contribution in [0.5, 0.6) is 0 Å². The van der Waals surface area contributed by atoms with Crippen LogP contribution in [0.4, 0.5) is 4.39 Å². The highest BCUT2D eigenvalue weighted by Crippen LogP contribution is 2.16. The molecule has 0 saturated heterocycles.